The average molecular weight is 287 g/mol. The SMILES string of the molecule is CCN(C(=O)c1cccc(C(=O)O)c1)c1ccc(F)cc1. The van der Waals surface area contributed by atoms with Gasteiger partial charge in [0.25, 0.3) is 5.91 Å². The standard InChI is InChI=1S/C16H14FNO3/c1-2-18(14-8-6-13(17)7-9-14)15(19)11-4-3-5-12(10-11)16(20)21/h3-10H,2H2,1H3,(H,20,21). The van der Waals surface area contributed by atoms with Crippen LogP contribution in [0.15, 0.2) is 48.5 Å². The smallest absolute Gasteiger partial charge is 0.335 e. The molecule has 0 aromatic heterocycles. The van der Waals surface area contributed by atoms with Gasteiger partial charge < -0.3 is 10.0 Å². The van der Waals surface area contributed by atoms with E-state index in [0.717, 1.165) is 0 Å². The van der Waals surface area contributed by atoms with Gasteiger partial charge >= 0.3 is 5.97 Å². The Hall–Kier alpha value is -2.69. The van der Waals surface area contributed by atoms with Crippen LogP contribution in [0.5, 0.6) is 0 Å². The number of carbonyl (C=O) groups excluding carboxylic acids is 1. The first-order chi connectivity index (χ1) is 10.0. The van der Waals surface area contributed by atoms with E-state index in [4.69, 9.17) is 5.11 Å². The first kappa shape index (κ1) is 14.7. The van der Waals surface area contributed by atoms with E-state index in [2.05, 4.69) is 0 Å². The Kier molecular flexibility index (Phi) is 4.33. The van der Waals surface area contributed by atoms with Crippen molar-refractivity contribution in [1.29, 1.82) is 0 Å². The zero-order valence-corrected chi connectivity index (χ0v) is 11.4. The summed E-state index contributed by atoms with van der Waals surface area (Å²) in [6.07, 6.45) is 0. The van der Waals surface area contributed by atoms with Crippen LogP contribution in [-0.4, -0.2) is 23.5 Å². The third-order valence-electron chi connectivity index (χ3n) is 3.06. The Labute approximate surface area is 121 Å². The lowest BCUT2D eigenvalue weighted by Gasteiger charge is -2.21. The van der Waals surface area contributed by atoms with Crippen LogP contribution in [0.1, 0.15) is 27.6 Å². The molecule has 0 spiro atoms. The fourth-order valence-corrected chi connectivity index (χ4v) is 2.01. The summed E-state index contributed by atoms with van der Waals surface area (Å²) in [5.74, 6) is -1.79. The molecule has 0 aliphatic carbocycles. The topological polar surface area (TPSA) is 57.6 Å². The molecule has 0 unspecified atom stereocenters. The number of anilines is 1. The lowest BCUT2D eigenvalue weighted by molar-refractivity contribution is 0.0697. The Morgan fingerprint density at radius 1 is 1.10 bits per heavy atom. The highest BCUT2D eigenvalue weighted by molar-refractivity contribution is 6.07. The van der Waals surface area contributed by atoms with Crippen LogP contribution >= 0.6 is 0 Å². The van der Waals surface area contributed by atoms with E-state index in [0.29, 0.717) is 12.2 Å². The Balaban J connectivity index is 2.34. The summed E-state index contributed by atoms with van der Waals surface area (Å²) in [5.41, 5.74) is 0.890. The number of aromatic carboxylic acids is 1. The second-order valence-electron chi connectivity index (χ2n) is 4.41. The first-order valence-corrected chi connectivity index (χ1v) is 6.43. The molecule has 2 aromatic rings. The molecule has 0 saturated carbocycles. The molecule has 0 fully saturated rings. The zero-order valence-electron chi connectivity index (χ0n) is 11.4. The molecule has 21 heavy (non-hydrogen) atoms. The van der Waals surface area contributed by atoms with Gasteiger partial charge in [0.2, 0.25) is 0 Å². The van der Waals surface area contributed by atoms with Crippen molar-refractivity contribution in [3.8, 4) is 0 Å². The van der Waals surface area contributed by atoms with Crippen LogP contribution in [0.25, 0.3) is 0 Å². The van der Waals surface area contributed by atoms with Gasteiger partial charge in [-0.25, -0.2) is 9.18 Å². The number of carboxylic acid groups (broad SMARTS) is 1. The Bertz CT molecular complexity index is 667. The summed E-state index contributed by atoms with van der Waals surface area (Å²) < 4.78 is 13.0. The molecule has 2 rings (SSSR count). The van der Waals surface area contributed by atoms with E-state index >= 15 is 0 Å². The van der Waals surface area contributed by atoms with Crippen molar-refractivity contribution < 1.29 is 19.1 Å². The quantitative estimate of drug-likeness (QED) is 0.939. The van der Waals surface area contributed by atoms with Crippen molar-refractivity contribution >= 4 is 17.6 Å². The second kappa shape index (κ2) is 6.17. The van der Waals surface area contributed by atoms with E-state index < -0.39 is 5.97 Å². The summed E-state index contributed by atoms with van der Waals surface area (Å²) in [7, 11) is 0. The summed E-state index contributed by atoms with van der Waals surface area (Å²) in [5, 5.41) is 8.97. The molecule has 108 valence electrons. The van der Waals surface area contributed by atoms with Gasteiger partial charge in [-0.05, 0) is 49.4 Å². The number of carbonyl (C=O) groups is 2. The second-order valence-corrected chi connectivity index (χ2v) is 4.41. The van der Waals surface area contributed by atoms with Crippen LogP contribution in [0.3, 0.4) is 0 Å². The maximum atomic E-state index is 13.0. The monoisotopic (exact) mass is 287 g/mol. The summed E-state index contributed by atoms with van der Waals surface area (Å²) >= 11 is 0. The molecular formula is C16H14FNO3. The van der Waals surface area contributed by atoms with Gasteiger partial charge in [-0.1, -0.05) is 6.07 Å². The van der Waals surface area contributed by atoms with Gasteiger partial charge in [-0.3, -0.25) is 4.79 Å². The highest BCUT2D eigenvalue weighted by atomic mass is 19.1. The predicted molar refractivity (Wildman–Crippen MR) is 77.2 cm³/mol. The van der Waals surface area contributed by atoms with E-state index in [1.807, 2.05) is 0 Å². The summed E-state index contributed by atoms with van der Waals surface area (Å²) in [6, 6.07) is 11.4. The van der Waals surface area contributed by atoms with Gasteiger partial charge in [0.1, 0.15) is 5.82 Å². The highest BCUT2D eigenvalue weighted by Gasteiger charge is 2.17. The number of hydrogen-bond donors (Lipinski definition) is 1. The molecule has 1 N–H and O–H groups in total. The third-order valence-corrected chi connectivity index (χ3v) is 3.06. The van der Waals surface area contributed by atoms with Crippen molar-refractivity contribution in [3.63, 3.8) is 0 Å². The number of halogens is 1. The predicted octanol–water partition coefficient (Wildman–Crippen LogP) is 3.19. The first-order valence-electron chi connectivity index (χ1n) is 6.43. The van der Waals surface area contributed by atoms with Crippen molar-refractivity contribution in [2.24, 2.45) is 0 Å². The maximum Gasteiger partial charge on any atom is 0.335 e. The van der Waals surface area contributed by atoms with Crippen molar-refractivity contribution in [3.05, 3.63) is 65.5 Å². The molecule has 2 aromatic carbocycles. The number of benzene rings is 2. The average Bonchev–Trinajstić information content (AvgIpc) is 2.50. The third kappa shape index (κ3) is 3.25. The maximum absolute atomic E-state index is 13.0. The lowest BCUT2D eigenvalue weighted by Crippen LogP contribution is -2.30. The van der Waals surface area contributed by atoms with E-state index in [1.165, 1.54) is 47.4 Å². The van der Waals surface area contributed by atoms with Gasteiger partial charge in [-0.15, -0.1) is 0 Å². The molecule has 1 amide bonds. The number of nitrogens with zero attached hydrogens (tertiary/aromatic N) is 1. The molecule has 0 aliphatic heterocycles. The minimum atomic E-state index is -1.09. The van der Waals surface area contributed by atoms with Crippen LogP contribution < -0.4 is 4.90 Å². The van der Waals surface area contributed by atoms with Gasteiger partial charge in [0, 0.05) is 17.8 Å². The number of amides is 1. The fraction of sp³-hybridized carbons (Fsp3) is 0.125. The van der Waals surface area contributed by atoms with Crippen LogP contribution in [0.2, 0.25) is 0 Å². The molecule has 5 heteroatoms. The molecule has 4 nitrogen and oxygen atoms in total. The van der Waals surface area contributed by atoms with Gasteiger partial charge in [0.15, 0.2) is 0 Å². The highest BCUT2D eigenvalue weighted by Crippen LogP contribution is 2.18. The van der Waals surface area contributed by atoms with E-state index in [1.54, 1.807) is 13.0 Å². The van der Waals surface area contributed by atoms with Crippen LogP contribution in [0.4, 0.5) is 10.1 Å². The normalized spacial score (nSPS) is 10.2. The number of hydrogen-bond acceptors (Lipinski definition) is 2. The molecule has 0 atom stereocenters. The summed E-state index contributed by atoms with van der Waals surface area (Å²) in [6.45, 7) is 2.18. The van der Waals surface area contributed by atoms with E-state index in [9.17, 15) is 14.0 Å². The number of carboxylic acids is 1. The zero-order chi connectivity index (χ0) is 15.4. The molecule has 0 saturated heterocycles. The minimum Gasteiger partial charge on any atom is -0.478 e. The Morgan fingerprint density at radius 3 is 2.29 bits per heavy atom. The minimum absolute atomic E-state index is 0.0519. The fourth-order valence-electron chi connectivity index (χ4n) is 2.01. The molecule has 0 heterocycles. The van der Waals surface area contributed by atoms with Gasteiger partial charge in [0.05, 0.1) is 5.56 Å². The molecule has 0 bridgehead atoms. The molecule has 0 radical (unpaired) electrons. The summed E-state index contributed by atoms with van der Waals surface area (Å²) in [4.78, 5) is 24.9. The lowest BCUT2D eigenvalue weighted by atomic mass is 10.1. The van der Waals surface area contributed by atoms with Crippen LogP contribution in [-0.2, 0) is 0 Å². The largest absolute Gasteiger partial charge is 0.478 e. The van der Waals surface area contributed by atoms with Crippen molar-refractivity contribution in [2.75, 3.05) is 11.4 Å². The Morgan fingerprint density at radius 2 is 1.71 bits per heavy atom. The molecule has 0 aliphatic rings. The van der Waals surface area contributed by atoms with Crippen LogP contribution in [0, 0.1) is 5.82 Å². The van der Waals surface area contributed by atoms with Crippen molar-refractivity contribution in [1.82, 2.24) is 0 Å². The van der Waals surface area contributed by atoms with Crippen molar-refractivity contribution in [2.45, 2.75) is 6.92 Å². The van der Waals surface area contributed by atoms with Gasteiger partial charge in [-0.2, -0.15) is 0 Å². The van der Waals surface area contributed by atoms with E-state index in [-0.39, 0.29) is 22.9 Å². The molecular weight excluding hydrogens is 273 g/mol. The number of rotatable bonds is 4.